The summed E-state index contributed by atoms with van der Waals surface area (Å²) in [7, 11) is 0. The number of fused-ring (bicyclic) bond motifs is 1. The lowest BCUT2D eigenvalue weighted by Gasteiger charge is -2.14. The molecular weight excluding hydrogens is 274 g/mol. The van der Waals surface area contributed by atoms with Gasteiger partial charge in [0.2, 0.25) is 0 Å². The molecule has 3 aromatic rings. The molecule has 5 nitrogen and oxygen atoms in total. The smallest absolute Gasteiger partial charge is 0.255 e. The van der Waals surface area contributed by atoms with Crippen molar-refractivity contribution in [3.63, 3.8) is 0 Å². The number of aromatic nitrogens is 4. The van der Waals surface area contributed by atoms with Gasteiger partial charge in [-0.15, -0.1) is 0 Å². The molecule has 0 fully saturated rings. The molecule has 0 saturated heterocycles. The summed E-state index contributed by atoms with van der Waals surface area (Å²) in [6.45, 7) is 6.04. The van der Waals surface area contributed by atoms with Gasteiger partial charge in [0.15, 0.2) is 0 Å². The summed E-state index contributed by atoms with van der Waals surface area (Å²) < 4.78 is 1.65. The minimum absolute atomic E-state index is 0.428. The highest BCUT2D eigenvalue weighted by molar-refractivity contribution is 6.30. The first-order valence-corrected chi connectivity index (χ1v) is 6.64. The quantitative estimate of drug-likeness (QED) is 0.734. The lowest BCUT2D eigenvalue weighted by Crippen LogP contribution is -2.05. The van der Waals surface area contributed by atoms with Crippen molar-refractivity contribution in [1.29, 1.82) is 0 Å². The van der Waals surface area contributed by atoms with Crippen LogP contribution in [0.2, 0.25) is 5.15 Å². The molecule has 0 aliphatic heterocycles. The van der Waals surface area contributed by atoms with Crippen molar-refractivity contribution in [2.24, 2.45) is 0 Å². The van der Waals surface area contributed by atoms with E-state index in [1.807, 2.05) is 13.0 Å². The van der Waals surface area contributed by atoms with Gasteiger partial charge in [-0.05, 0) is 32.4 Å². The Morgan fingerprint density at radius 3 is 2.75 bits per heavy atom. The molecule has 0 amide bonds. The Kier molecular flexibility index (Phi) is 3.06. The maximum atomic E-state index is 6.15. The van der Waals surface area contributed by atoms with Crippen LogP contribution in [0.4, 0.5) is 11.5 Å². The van der Waals surface area contributed by atoms with Gasteiger partial charge in [0, 0.05) is 11.3 Å². The van der Waals surface area contributed by atoms with E-state index in [1.165, 1.54) is 11.9 Å². The minimum Gasteiger partial charge on any atom is -0.340 e. The van der Waals surface area contributed by atoms with Crippen LogP contribution in [0, 0.1) is 20.8 Å². The lowest BCUT2D eigenvalue weighted by molar-refractivity contribution is 0.936. The van der Waals surface area contributed by atoms with Gasteiger partial charge in [0.25, 0.3) is 5.78 Å². The molecule has 2 aromatic heterocycles. The summed E-state index contributed by atoms with van der Waals surface area (Å²) in [5, 5.41) is 7.99. The average Bonchev–Trinajstić information content (AvgIpc) is 2.85. The molecule has 102 valence electrons. The number of nitrogens with one attached hydrogen (secondary N) is 1. The van der Waals surface area contributed by atoms with E-state index in [0.717, 1.165) is 22.6 Å². The van der Waals surface area contributed by atoms with Gasteiger partial charge in [-0.25, -0.2) is 0 Å². The van der Waals surface area contributed by atoms with E-state index < -0.39 is 0 Å². The van der Waals surface area contributed by atoms with Crippen LogP contribution < -0.4 is 5.32 Å². The third-order valence-corrected chi connectivity index (χ3v) is 3.61. The van der Waals surface area contributed by atoms with Crippen molar-refractivity contribution in [2.45, 2.75) is 20.8 Å². The molecular formula is C14H14ClN5. The maximum absolute atomic E-state index is 6.15. The maximum Gasteiger partial charge on any atom is 0.255 e. The van der Waals surface area contributed by atoms with Crippen molar-refractivity contribution >= 4 is 28.9 Å². The molecule has 0 unspecified atom stereocenters. The molecule has 20 heavy (non-hydrogen) atoms. The molecule has 1 N–H and O–H groups in total. The number of hydrogen-bond acceptors (Lipinski definition) is 4. The molecule has 0 atom stereocenters. The van der Waals surface area contributed by atoms with Gasteiger partial charge in [-0.1, -0.05) is 29.3 Å². The average molecular weight is 288 g/mol. The van der Waals surface area contributed by atoms with Crippen LogP contribution >= 0.6 is 11.6 Å². The van der Waals surface area contributed by atoms with E-state index >= 15 is 0 Å². The van der Waals surface area contributed by atoms with E-state index in [2.05, 4.69) is 46.4 Å². The van der Waals surface area contributed by atoms with E-state index in [0.29, 0.717) is 10.9 Å². The van der Waals surface area contributed by atoms with E-state index in [-0.39, 0.29) is 0 Å². The molecule has 2 heterocycles. The SMILES string of the molecule is Cc1ccc(Nc2c(C)c(Cl)nc3ncnn23)c(C)c1. The Morgan fingerprint density at radius 1 is 1.20 bits per heavy atom. The van der Waals surface area contributed by atoms with Gasteiger partial charge >= 0.3 is 0 Å². The normalized spacial score (nSPS) is 11.0. The Labute approximate surface area is 121 Å². The molecule has 6 heteroatoms. The number of benzene rings is 1. The molecule has 3 rings (SSSR count). The Hall–Kier alpha value is -2.14. The molecule has 1 aromatic carbocycles. The summed E-state index contributed by atoms with van der Waals surface area (Å²) in [5.41, 5.74) is 4.23. The second kappa shape index (κ2) is 4.76. The molecule has 0 aliphatic carbocycles. The summed E-state index contributed by atoms with van der Waals surface area (Å²) in [5.74, 6) is 1.26. The summed E-state index contributed by atoms with van der Waals surface area (Å²) in [6.07, 6.45) is 1.46. The zero-order valence-electron chi connectivity index (χ0n) is 11.5. The standard InChI is InChI=1S/C14H14ClN5/c1-8-4-5-11(9(2)6-8)18-13-10(3)12(15)19-14-16-7-17-20(13)14/h4-7,18H,1-3H3. The third kappa shape index (κ3) is 2.10. The fourth-order valence-corrected chi connectivity index (χ4v) is 2.29. The van der Waals surface area contributed by atoms with Crippen molar-refractivity contribution in [3.05, 3.63) is 46.4 Å². The van der Waals surface area contributed by atoms with Crippen LogP contribution in [0.5, 0.6) is 0 Å². The molecule has 0 bridgehead atoms. The minimum atomic E-state index is 0.428. The van der Waals surface area contributed by atoms with Crippen molar-refractivity contribution in [3.8, 4) is 0 Å². The van der Waals surface area contributed by atoms with Crippen LogP contribution in [0.3, 0.4) is 0 Å². The first kappa shape index (κ1) is 12.9. The number of nitrogens with zero attached hydrogens (tertiary/aromatic N) is 4. The number of rotatable bonds is 2. The summed E-state index contributed by atoms with van der Waals surface area (Å²) in [4.78, 5) is 8.26. The highest BCUT2D eigenvalue weighted by Crippen LogP contribution is 2.27. The largest absolute Gasteiger partial charge is 0.340 e. The molecule has 0 spiro atoms. The molecule has 0 saturated carbocycles. The third-order valence-electron chi connectivity index (χ3n) is 3.24. The molecule has 0 radical (unpaired) electrons. The number of anilines is 2. The summed E-state index contributed by atoms with van der Waals surface area (Å²) in [6, 6.07) is 6.23. The van der Waals surface area contributed by atoms with Crippen LogP contribution in [-0.4, -0.2) is 19.6 Å². The number of halogens is 1. The highest BCUT2D eigenvalue weighted by Gasteiger charge is 2.13. The van der Waals surface area contributed by atoms with Gasteiger partial charge in [0.05, 0.1) is 0 Å². The van der Waals surface area contributed by atoms with Gasteiger partial charge in [0.1, 0.15) is 17.3 Å². The fraction of sp³-hybridized carbons (Fsp3) is 0.214. The monoisotopic (exact) mass is 287 g/mol. The number of aryl methyl sites for hydroxylation is 2. The van der Waals surface area contributed by atoms with Crippen molar-refractivity contribution in [1.82, 2.24) is 19.6 Å². The lowest BCUT2D eigenvalue weighted by atomic mass is 10.1. The second-order valence-corrected chi connectivity index (χ2v) is 5.15. The van der Waals surface area contributed by atoms with Crippen LogP contribution in [0.15, 0.2) is 24.5 Å². The highest BCUT2D eigenvalue weighted by atomic mass is 35.5. The van der Waals surface area contributed by atoms with Crippen molar-refractivity contribution < 1.29 is 0 Å². The zero-order valence-corrected chi connectivity index (χ0v) is 12.2. The van der Waals surface area contributed by atoms with Crippen LogP contribution in [0.1, 0.15) is 16.7 Å². The van der Waals surface area contributed by atoms with E-state index in [1.54, 1.807) is 4.52 Å². The van der Waals surface area contributed by atoms with E-state index in [9.17, 15) is 0 Å². The predicted octanol–water partition coefficient (Wildman–Crippen LogP) is 3.45. The van der Waals surface area contributed by atoms with Crippen LogP contribution in [-0.2, 0) is 0 Å². The topological polar surface area (TPSA) is 55.1 Å². The zero-order chi connectivity index (χ0) is 14.3. The first-order valence-electron chi connectivity index (χ1n) is 6.26. The fourth-order valence-electron chi connectivity index (χ4n) is 2.13. The Bertz CT molecular complexity index is 794. The Morgan fingerprint density at radius 2 is 2.00 bits per heavy atom. The number of hydrogen-bond donors (Lipinski definition) is 1. The van der Waals surface area contributed by atoms with Gasteiger partial charge in [-0.3, -0.25) is 0 Å². The van der Waals surface area contributed by atoms with Gasteiger partial charge < -0.3 is 5.32 Å². The van der Waals surface area contributed by atoms with Crippen molar-refractivity contribution in [2.75, 3.05) is 5.32 Å². The van der Waals surface area contributed by atoms with Gasteiger partial charge in [-0.2, -0.15) is 19.6 Å². The second-order valence-electron chi connectivity index (χ2n) is 4.79. The first-order chi connectivity index (χ1) is 9.56. The van der Waals surface area contributed by atoms with E-state index in [4.69, 9.17) is 11.6 Å². The predicted molar refractivity (Wildman–Crippen MR) is 79.7 cm³/mol. The molecule has 0 aliphatic rings. The van der Waals surface area contributed by atoms with Crippen LogP contribution in [0.25, 0.3) is 5.78 Å². The summed E-state index contributed by atoms with van der Waals surface area (Å²) >= 11 is 6.15. The Balaban J connectivity index is 2.14.